The molecule has 0 aliphatic carbocycles. The topological polar surface area (TPSA) is 61.5 Å². The molecule has 4 nitrogen and oxygen atoms in total. The molecule has 0 heterocycles. The highest BCUT2D eigenvalue weighted by atomic mass is 16.5. The second kappa shape index (κ2) is 9.17. The van der Waals surface area contributed by atoms with Crippen molar-refractivity contribution >= 4 is 17.5 Å². The van der Waals surface area contributed by atoms with Crippen molar-refractivity contribution in [3.8, 4) is 11.5 Å². The molecule has 0 fully saturated rings. The molecule has 2 aromatic rings. The van der Waals surface area contributed by atoms with Crippen LogP contribution < -0.4 is 15.2 Å². The Bertz CT molecular complexity index is 872. The second-order valence-corrected chi connectivity index (χ2v) is 8.79. The summed E-state index contributed by atoms with van der Waals surface area (Å²) in [5.74, 6) is 1.43. The average molecular weight is 396 g/mol. The standard InChI is InChI=1S/C25H33NO3/c1-16(2)28-23-15-24(29-17(3)4)21(25(5,6)7)14-19(23)10-13-22(27)18-8-11-20(26)12-9-18/h8-17H,26H2,1-7H3/b13-10+. The van der Waals surface area contributed by atoms with E-state index in [0.29, 0.717) is 17.0 Å². The summed E-state index contributed by atoms with van der Waals surface area (Å²) in [6.07, 6.45) is 3.44. The Labute approximate surface area is 174 Å². The van der Waals surface area contributed by atoms with Crippen molar-refractivity contribution in [2.24, 2.45) is 0 Å². The van der Waals surface area contributed by atoms with E-state index in [1.807, 2.05) is 39.8 Å². The lowest BCUT2D eigenvalue weighted by atomic mass is 9.85. The van der Waals surface area contributed by atoms with Gasteiger partial charge in [-0.05, 0) is 75.6 Å². The number of rotatable bonds is 7. The molecule has 0 unspecified atom stereocenters. The van der Waals surface area contributed by atoms with Crippen molar-refractivity contribution in [3.05, 3.63) is 59.2 Å². The molecule has 4 heteroatoms. The van der Waals surface area contributed by atoms with E-state index < -0.39 is 0 Å². The van der Waals surface area contributed by atoms with Gasteiger partial charge in [0.05, 0.1) is 12.2 Å². The van der Waals surface area contributed by atoms with Gasteiger partial charge >= 0.3 is 0 Å². The van der Waals surface area contributed by atoms with Crippen LogP contribution in [0.2, 0.25) is 0 Å². The van der Waals surface area contributed by atoms with Gasteiger partial charge in [0, 0.05) is 28.4 Å². The number of carbonyl (C=O) groups excluding carboxylic acids is 1. The molecule has 0 bridgehead atoms. The first-order chi connectivity index (χ1) is 13.5. The van der Waals surface area contributed by atoms with E-state index in [0.717, 1.165) is 16.9 Å². The van der Waals surface area contributed by atoms with E-state index in [9.17, 15) is 4.79 Å². The molecule has 0 saturated carbocycles. The molecule has 0 saturated heterocycles. The maximum absolute atomic E-state index is 12.6. The molecule has 2 N–H and O–H groups in total. The summed E-state index contributed by atoms with van der Waals surface area (Å²) in [6.45, 7) is 14.4. The van der Waals surface area contributed by atoms with Gasteiger partial charge in [-0.1, -0.05) is 20.8 Å². The lowest BCUT2D eigenvalue weighted by Crippen LogP contribution is -2.17. The van der Waals surface area contributed by atoms with Gasteiger partial charge in [0.2, 0.25) is 0 Å². The summed E-state index contributed by atoms with van der Waals surface area (Å²) in [4.78, 5) is 12.6. The molecule has 156 valence electrons. The Morgan fingerprint density at radius 2 is 1.48 bits per heavy atom. The van der Waals surface area contributed by atoms with Gasteiger partial charge in [-0.25, -0.2) is 0 Å². The number of anilines is 1. The zero-order valence-electron chi connectivity index (χ0n) is 18.6. The first kappa shape index (κ1) is 22.5. The fourth-order valence-corrected chi connectivity index (χ4v) is 2.91. The Morgan fingerprint density at radius 1 is 0.931 bits per heavy atom. The van der Waals surface area contributed by atoms with Crippen molar-refractivity contribution in [1.29, 1.82) is 0 Å². The quantitative estimate of drug-likeness (QED) is 0.353. The summed E-state index contributed by atoms with van der Waals surface area (Å²) in [7, 11) is 0. The molecule has 29 heavy (non-hydrogen) atoms. The number of ether oxygens (including phenoxy) is 2. The normalized spacial score (nSPS) is 12.0. The molecule has 2 aromatic carbocycles. The van der Waals surface area contributed by atoms with Crippen molar-refractivity contribution in [2.45, 2.75) is 66.1 Å². The van der Waals surface area contributed by atoms with Gasteiger partial charge in [0.1, 0.15) is 11.5 Å². The summed E-state index contributed by atoms with van der Waals surface area (Å²) in [5.41, 5.74) is 8.74. The van der Waals surface area contributed by atoms with Crippen molar-refractivity contribution in [1.82, 2.24) is 0 Å². The molecule has 0 aliphatic heterocycles. The zero-order chi connectivity index (χ0) is 21.8. The number of nitrogens with two attached hydrogens (primary N) is 1. The van der Waals surface area contributed by atoms with Gasteiger partial charge in [0.25, 0.3) is 0 Å². The lowest BCUT2D eigenvalue weighted by Gasteiger charge is -2.26. The fourth-order valence-electron chi connectivity index (χ4n) is 2.91. The predicted molar refractivity (Wildman–Crippen MR) is 121 cm³/mol. The number of hydrogen-bond donors (Lipinski definition) is 1. The Hall–Kier alpha value is -2.75. The minimum Gasteiger partial charge on any atom is -0.491 e. The maximum Gasteiger partial charge on any atom is 0.185 e. The minimum atomic E-state index is -0.121. The van der Waals surface area contributed by atoms with Crippen LogP contribution in [0.15, 0.2) is 42.5 Å². The molecule has 0 atom stereocenters. The lowest BCUT2D eigenvalue weighted by molar-refractivity contribution is 0.104. The molecular formula is C25H33NO3. The highest BCUT2D eigenvalue weighted by Crippen LogP contribution is 2.38. The van der Waals surface area contributed by atoms with Crippen LogP contribution >= 0.6 is 0 Å². The van der Waals surface area contributed by atoms with Crippen molar-refractivity contribution in [2.75, 3.05) is 5.73 Å². The Kier molecular flexibility index (Phi) is 7.12. The fraction of sp³-hybridized carbons (Fsp3) is 0.400. The van der Waals surface area contributed by atoms with E-state index in [1.165, 1.54) is 0 Å². The number of benzene rings is 2. The third-order valence-corrected chi connectivity index (χ3v) is 4.25. The van der Waals surface area contributed by atoms with Gasteiger partial charge in [-0.2, -0.15) is 0 Å². The van der Waals surface area contributed by atoms with E-state index in [2.05, 4.69) is 26.8 Å². The highest BCUT2D eigenvalue weighted by molar-refractivity contribution is 6.07. The smallest absolute Gasteiger partial charge is 0.185 e. The van der Waals surface area contributed by atoms with Crippen LogP contribution in [0.1, 0.15) is 70.0 Å². The Balaban J connectivity index is 2.49. The van der Waals surface area contributed by atoms with Crippen LogP contribution in [-0.2, 0) is 5.41 Å². The second-order valence-electron chi connectivity index (χ2n) is 8.79. The van der Waals surface area contributed by atoms with Crippen LogP contribution in [-0.4, -0.2) is 18.0 Å². The molecule has 0 radical (unpaired) electrons. The summed E-state index contributed by atoms with van der Waals surface area (Å²) in [5, 5.41) is 0. The first-order valence-electron chi connectivity index (χ1n) is 10.1. The molecule has 0 aliphatic rings. The van der Waals surface area contributed by atoms with Crippen LogP contribution in [0.25, 0.3) is 6.08 Å². The minimum absolute atomic E-state index is 0.00216. The third kappa shape index (κ3) is 6.38. The average Bonchev–Trinajstić information content (AvgIpc) is 2.59. The molecule has 0 aromatic heterocycles. The zero-order valence-corrected chi connectivity index (χ0v) is 18.6. The summed E-state index contributed by atoms with van der Waals surface area (Å²) in [6, 6.07) is 10.9. The SMILES string of the molecule is CC(C)Oc1cc(OC(C)C)c(C(C)(C)C)cc1/C=C/C(=O)c1ccc(N)cc1. The van der Waals surface area contributed by atoms with E-state index >= 15 is 0 Å². The van der Waals surface area contributed by atoms with Gasteiger partial charge in [0.15, 0.2) is 5.78 Å². The number of hydrogen-bond acceptors (Lipinski definition) is 4. The molecule has 0 spiro atoms. The van der Waals surface area contributed by atoms with Gasteiger partial charge in [-0.15, -0.1) is 0 Å². The van der Waals surface area contributed by atoms with Crippen LogP contribution in [0.5, 0.6) is 11.5 Å². The summed E-state index contributed by atoms with van der Waals surface area (Å²) >= 11 is 0. The van der Waals surface area contributed by atoms with E-state index in [4.69, 9.17) is 15.2 Å². The third-order valence-electron chi connectivity index (χ3n) is 4.25. The number of allylic oxidation sites excluding steroid dienone is 1. The van der Waals surface area contributed by atoms with Crippen molar-refractivity contribution in [3.63, 3.8) is 0 Å². The van der Waals surface area contributed by atoms with Crippen LogP contribution in [0.4, 0.5) is 5.69 Å². The number of ketones is 1. The monoisotopic (exact) mass is 395 g/mol. The first-order valence-corrected chi connectivity index (χ1v) is 10.1. The molecular weight excluding hydrogens is 362 g/mol. The number of carbonyl (C=O) groups is 1. The highest BCUT2D eigenvalue weighted by Gasteiger charge is 2.22. The number of nitrogen functional groups attached to an aromatic ring is 1. The van der Waals surface area contributed by atoms with E-state index in [1.54, 1.807) is 30.3 Å². The van der Waals surface area contributed by atoms with Crippen LogP contribution in [0.3, 0.4) is 0 Å². The van der Waals surface area contributed by atoms with Crippen molar-refractivity contribution < 1.29 is 14.3 Å². The Morgan fingerprint density at radius 3 is 2.00 bits per heavy atom. The summed E-state index contributed by atoms with van der Waals surface area (Å²) < 4.78 is 12.1. The molecule has 0 amide bonds. The van der Waals surface area contributed by atoms with Crippen LogP contribution in [0, 0.1) is 0 Å². The van der Waals surface area contributed by atoms with E-state index in [-0.39, 0.29) is 23.4 Å². The molecule has 2 rings (SSSR count). The predicted octanol–water partition coefficient (Wildman–Crippen LogP) is 6.04. The largest absolute Gasteiger partial charge is 0.491 e. The van der Waals surface area contributed by atoms with Gasteiger partial charge < -0.3 is 15.2 Å². The maximum atomic E-state index is 12.6. The van der Waals surface area contributed by atoms with Gasteiger partial charge in [-0.3, -0.25) is 4.79 Å².